The minimum absolute atomic E-state index is 0.00910. The van der Waals surface area contributed by atoms with Crippen molar-refractivity contribution in [2.45, 2.75) is 38.2 Å². The average Bonchev–Trinajstić information content (AvgIpc) is 2.72. The van der Waals surface area contributed by atoms with Crippen LogP contribution in [0, 0.1) is 11.8 Å². The Morgan fingerprint density at radius 1 is 1.43 bits per heavy atom. The number of carbonyl (C=O) groups excluding carboxylic acids is 2. The van der Waals surface area contributed by atoms with Crippen molar-refractivity contribution >= 4 is 33.3 Å². The van der Waals surface area contributed by atoms with Crippen molar-refractivity contribution < 1.29 is 14.7 Å². The summed E-state index contributed by atoms with van der Waals surface area (Å²) in [7, 11) is 0. The molecule has 1 aliphatic carbocycles. The van der Waals surface area contributed by atoms with Gasteiger partial charge in [-0.15, -0.1) is 0 Å². The molecule has 1 fully saturated rings. The van der Waals surface area contributed by atoms with E-state index in [9.17, 15) is 14.7 Å². The molecule has 2 N–H and O–H groups in total. The van der Waals surface area contributed by atoms with Gasteiger partial charge in [0.05, 0.1) is 5.92 Å². The predicted molar refractivity (Wildman–Crippen MR) is 82.8 cm³/mol. The molecule has 2 aliphatic rings. The van der Waals surface area contributed by atoms with Crippen molar-refractivity contribution in [3.8, 4) is 0 Å². The van der Waals surface area contributed by atoms with Gasteiger partial charge < -0.3 is 10.4 Å². The van der Waals surface area contributed by atoms with Gasteiger partial charge in [-0.1, -0.05) is 29.3 Å². The number of nitrogens with one attached hydrogen (secondary N) is 1. The number of benzene rings is 1. The normalized spacial score (nSPS) is 32.0. The molecule has 1 aromatic rings. The lowest BCUT2D eigenvalue weighted by atomic mass is 9.69. The van der Waals surface area contributed by atoms with Gasteiger partial charge in [-0.3, -0.25) is 9.59 Å². The zero-order chi connectivity index (χ0) is 15.2. The van der Waals surface area contributed by atoms with E-state index >= 15 is 0 Å². The fourth-order valence-corrected chi connectivity index (χ4v) is 3.87. The minimum Gasteiger partial charge on any atom is -0.375 e. The molecule has 0 saturated heterocycles. The Labute approximate surface area is 132 Å². The highest BCUT2D eigenvalue weighted by atomic mass is 79.9. The van der Waals surface area contributed by atoms with Crippen LogP contribution in [0.25, 0.3) is 0 Å². The lowest BCUT2D eigenvalue weighted by Gasteiger charge is -2.36. The Bertz CT molecular complexity index is 616. The Balaban J connectivity index is 2.05. The van der Waals surface area contributed by atoms with E-state index < -0.39 is 17.4 Å². The van der Waals surface area contributed by atoms with Crippen LogP contribution in [0.3, 0.4) is 0 Å². The van der Waals surface area contributed by atoms with Gasteiger partial charge in [-0.2, -0.15) is 0 Å². The third kappa shape index (κ3) is 2.23. The standard InChI is InChI=1S/C16H18BrNO3/c1-2-9-3-6-14(19)12(7-9)16(21)11-8-10(17)4-5-13(11)18-15(16)20/h4-5,8-9,12,21H,2-3,6-7H2,1H3,(H,18,20)/t9-,12-,16+/m0/s1. The lowest BCUT2D eigenvalue weighted by molar-refractivity contribution is -0.152. The van der Waals surface area contributed by atoms with E-state index in [0.717, 1.165) is 17.3 Å². The smallest absolute Gasteiger partial charge is 0.261 e. The van der Waals surface area contributed by atoms with Crippen molar-refractivity contribution in [3.05, 3.63) is 28.2 Å². The number of fused-ring (bicyclic) bond motifs is 1. The number of ketones is 1. The van der Waals surface area contributed by atoms with E-state index in [1.807, 2.05) is 6.07 Å². The molecule has 0 spiro atoms. The molecule has 0 aromatic heterocycles. The molecular formula is C16H18BrNO3. The SMILES string of the molecule is CC[C@H]1CCC(=O)[C@@H]([C@@]2(O)C(=O)Nc3ccc(Br)cc32)C1. The van der Waals surface area contributed by atoms with E-state index in [1.165, 1.54) is 0 Å². The van der Waals surface area contributed by atoms with Crippen molar-refractivity contribution in [1.82, 2.24) is 0 Å². The summed E-state index contributed by atoms with van der Waals surface area (Å²) >= 11 is 3.37. The van der Waals surface area contributed by atoms with Crippen LogP contribution in [0.2, 0.25) is 0 Å². The summed E-state index contributed by atoms with van der Waals surface area (Å²) in [5.74, 6) is -0.747. The first-order valence-corrected chi connectivity index (χ1v) is 8.12. The maximum atomic E-state index is 12.4. The zero-order valence-electron chi connectivity index (χ0n) is 11.9. The van der Waals surface area contributed by atoms with Gasteiger partial charge in [-0.05, 0) is 37.0 Å². The summed E-state index contributed by atoms with van der Waals surface area (Å²) < 4.78 is 0.784. The van der Waals surface area contributed by atoms with Crippen LogP contribution in [0.5, 0.6) is 0 Å². The molecule has 1 aromatic carbocycles. The van der Waals surface area contributed by atoms with Crippen LogP contribution in [0.15, 0.2) is 22.7 Å². The second-order valence-electron chi connectivity index (χ2n) is 5.98. The maximum absolute atomic E-state index is 12.4. The van der Waals surface area contributed by atoms with Gasteiger partial charge in [0.25, 0.3) is 5.91 Å². The highest BCUT2D eigenvalue weighted by molar-refractivity contribution is 9.10. The number of amides is 1. The maximum Gasteiger partial charge on any atom is 0.261 e. The second-order valence-corrected chi connectivity index (χ2v) is 6.89. The fourth-order valence-electron chi connectivity index (χ4n) is 3.50. The number of anilines is 1. The quantitative estimate of drug-likeness (QED) is 0.860. The minimum atomic E-state index is -1.73. The molecule has 3 rings (SSSR count). The molecule has 21 heavy (non-hydrogen) atoms. The summed E-state index contributed by atoms with van der Waals surface area (Å²) in [5.41, 5.74) is -0.626. The van der Waals surface area contributed by atoms with Gasteiger partial charge >= 0.3 is 0 Å². The van der Waals surface area contributed by atoms with E-state index in [0.29, 0.717) is 30.0 Å². The Morgan fingerprint density at radius 2 is 2.19 bits per heavy atom. The van der Waals surface area contributed by atoms with E-state index in [1.54, 1.807) is 12.1 Å². The lowest BCUT2D eigenvalue weighted by Crippen LogP contribution is -2.47. The van der Waals surface area contributed by atoms with Crippen LogP contribution in [0.4, 0.5) is 5.69 Å². The largest absolute Gasteiger partial charge is 0.375 e. The molecule has 1 saturated carbocycles. The van der Waals surface area contributed by atoms with Crippen molar-refractivity contribution in [3.63, 3.8) is 0 Å². The van der Waals surface area contributed by atoms with Crippen LogP contribution >= 0.6 is 15.9 Å². The third-order valence-electron chi connectivity index (χ3n) is 4.82. The number of hydrogen-bond acceptors (Lipinski definition) is 3. The number of rotatable bonds is 2. The second kappa shape index (κ2) is 5.21. The molecule has 5 heteroatoms. The van der Waals surface area contributed by atoms with Crippen LogP contribution in [0.1, 0.15) is 38.2 Å². The highest BCUT2D eigenvalue weighted by Gasteiger charge is 2.54. The molecule has 4 nitrogen and oxygen atoms in total. The van der Waals surface area contributed by atoms with Crippen molar-refractivity contribution in [2.75, 3.05) is 5.32 Å². The first-order valence-electron chi connectivity index (χ1n) is 7.33. The zero-order valence-corrected chi connectivity index (χ0v) is 13.4. The molecule has 1 heterocycles. The summed E-state index contributed by atoms with van der Waals surface area (Å²) in [4.78, 5) is 24.7. The van der Waals surface area contributed by atoms with Gasteiger partial charge in [-0.25, -0.2) is 0 Å². The highest BCUT2D eigenvalue weighted by Crippen LogP contribution is 2.47. The summed E-state index contributed by atoms with van der Waals surface area (Å²) in [6.45, 7) is 2.08. The molecule has 3 atom stereocenters. The van der Waals surface area contributed by atoms with E-state index in [4.69, 9.17) is 0 Å². The summed E-state index contributed by atoms with van der Waals surface area (Å²) in [6, 6.07) is 5.29. The van der Waals surface area contributed by atoms with Gasteiger partial charge in [0, 0.05) is 22.1 Å². The summed E-state index contributed by atoms with van der Waals surface area (Å²) in [5, 5.41) is 13.8. The monoisotopic (exact) mass is 351 g/mol. The third-order valence-corrected chi connectivity index (χ3v) is 5.32. The molecule has 0 bridgehead atoms. The molecule has 0 radical (unpaired) electrons. The first-order chi connectivity index (χ1) is 9.96. The number of Topliss-reactive ketones (excluding diaryl/α,β-unsaturated/α-hetero) is 1. The van der Waals surface area contributed by atoms with Gasteiger partial charge in [0.15, 0.2) is 5.60 Å². The molecule has 1 amide bonds. The predicted octanol–water partition coefficient (Wildman–Crippen LogP) is 2.98. The Hall–Kier alpha value is -1.20. The number of carbonyl (C=O) groups is 2. The Morgan fingerprint density at radius 3 is 2.90 bits per heavy atom. The molecule has 0 unspecified atom stereocenters. The number of halogens is 1. The first kappa shape index (κ1) is 14.7. The topological polar surface area (TPSA) is 66.4 Å². The van der Waals surface area contributed by atoms with E-state index in [-0.39, 0.29) is 5.78 Å². The number of aliphatic hydroxyl groups is 1. The van der Waals surface area contributed by atoms with Crippen LogP contribution in [-0.2, 0) is 15.2 Å². The molecular weight excluding hydrogens is 334 g/mol. The van der Waals surface area contributed by atoms with Gasteiger partial charge in [0.1, 0.15) is 5.78 Å². The fraction of sp³-hybridized carbons (Fsp3) is 0.500. The Kier molecular flexibility index (Phi) is 3.66. The summed E-state index contributed by atoms with van der Waals surface area (Å²) in [6.07, 6.45) is 2.84. The molecule has 1 aliphatic heterocycles. The number of hydrogen-bond donors (Lipinski definition) is 2. The van der Waals surface area contributed by atoms with Crippen LogP contribution < -0.4 is 5.32 Å². The van der Waals surface area contributed by atoms with E-state index in [2.05, 4.69) is 28.2 Å². The van der Waals surface area contributed by atoms with Gasteiger partial charge in [0.2, 0.25) is 0 Å². The van der Waals surface area contributed by atoms with Crippen molar-refractivity contribution in [1.29, 1.82) is 0 Å². The molecule has 112 valence electrons. The van der Waals surface area contributed by atoms with Crippen molar-refractivity contribution in [2.24, 2.45) is 11.8 Å². The van der Waals surface area contributed by atoms with Crippen LogP contribution in [-0.4, -0.2) is 16.8 Å². The average molecular weight is 352 g/mol.